The maximum atomic E-state index is 5.88. The smallest absolute Gasteiger partial charge is 0.0272 e. The summed E-state index contributed by atoms with van der Waals surface area (Å²) >= 11 is 0. The van der Waals surface area contributed by atoms with Gasteiger partial charge in [0.15, 0.2) is 0 Å². The summed E-state index contributed by atoms with van der Waals surface area (Å²) in [6, 6.07) is 14.7. The van der Waals surface area contributed by atoms with Crippen LogP contribution in [0.5, 0.6) is 0 Å². The highest BCUT2D eigenvalue weighted by atomic mass is 14.9. The molecule has 1 heterocycles. The van der Waals surface area contributed by atoms with E-state index in [-0.39, 0.29) is 6.04 Å². The molecule has 0 aromatic heterocycles. The third-order valence-electron chi connectivity index (χ3n) is 3.27. The van der Waals surface area contributed by atoms with Gasteiger partial charge in [0, 0.05) is 6.04 Å². The molecule has 0 aliphatic carbocycles. The number of nitrogens with one attached hydrogen (secondary N) is 1. The highest BCUT2D eigenvalue weighted by Gasteiger charge is 2.02. The number of hydrogen-bond acceptors (Lipinski definition) is 2. The summed E-state index contributed by atoms with van der Waals surface area (Å²) in [6.45, 7) is 4.52. The van der Waals surface area contributed by atoms with Crippen LogP contribution >= 0.6 is 0 Å². The van der Waals surface area contributed by atoms with E-state index < -0.39 is 0 Å². The van der Waals surface area contributed by atoms with Gasteiger partial charge in [-0.2, -0.15) is 0 Å². The Morgan fingerprint density at radius 2 is 1.67 bits per heavy atom. The van der Waals surface area contributed by atoms with Crippen molar-refractivity contribution in [3.8, 4) is 0 Å². The zero-order chi connectivity index (χ0) is 12.8. The molecular weight excluding hydrogens is 220 g/mol. The highest BCUT2D eigenvalue weighted by Crippen LogP contribution is 2.22. The Morgan fingerprint density at radius 1 is 1.00 bits per heavy atom. The molecule has 2 aromatic carbocycles. The van der Waals surface area contributed by atoms with E-state index in [0.29, 0.717) is 0 Å². The number of rotatable bonds is 1. The minimum Gasteiger partial charge on any atom is -0.324 e. The molecule has 0 unspecified atom stereocenters. The Hall–Kier alpha value is -1.38. The van der Waals surface area contributed by atoms with Crippen molar-refractivity contribution >= 4 is 10.8 Å². The van der Waals surface area contributed by atoms with Crippen molar-refractivity contribution in [2.24, 2.45) is 5.73 Å². The van der Waals surface area contributed by atoms with Gasteiger partial charge in [-0.15, -0.1) is 0 Å². The van der Waals surface area contributed by atoms with Gasteiger partial charge in [0.25, 0.3) is 0 Å². The zero-order valence-corrected chi connectivity index (χ0v) is 11.0. The minimum atomic E-state index is 0.103. The molecule has 1 aliphatic rings. The van der Waals surface area contributed by atoms with E-state index in [0.717, 1.165) is 0 Å². The first-order valence-corrected chi connectivity index (χ1v) is 6.73. The van der Waals surface area contributed by atoms with Crippen LogP contribution < -0.4 is 11.1 Å². The van der Waals surface area contributed by atoms with Crippen LogP contribution in [0.15, 0.2) is 42.5 Å². The summed E-state index contributed by atoms with van der Waals surface area (Å²) in [5.41, 5.74) is 7.10. The topological polar surface area (TPSA) is 38.0 Å². The average Bonchev–Trinajstić information content (AvgIpc) is 2.97. The summed E-state index contributed by atoms with van der Waals surface area (Å²) in [7, 11) is 0. The largest absolute Gasteiger partial charge is 0.324 e. The van der Waals surface area contributed by atoms with Gasteiger partial charge in [-0.1, -0.05) is 42.5 Å². The van der Waals surface area contributed by atoms with Crippen LogP contribution in [-0.4, -0.2) is 13.1 Å². The summed E-state index contributed by atoms with van der Waals surface area (Å²) in [6.07, 6.45) is 2.78. The van der Waals surface area contributed by atoms with E-state index in [1.807, 2.05) is 19.1 Å². The molecule has 2 nitrogen and oxygen atoms in total. The third kappa shape index (κ3) is 3.31. The van der Waals surface area contributed by atoms with Gasteiger partial charge in [-0.3, -0.25) is 0 Å². The zero-order valence-electron chi connectivity index (χ0n) is 11.0. The monoisotopic (exact) mass is 242 g/mol. The van der Waals surface area contributed by atoms with Crippen molar-refractivity contribution in [3.05, 3.63) is 48.0 Å². The van der Waals surface area contributed by atoms with E-state index in [4.69, 9.17) is 5.73 Å². The molecule has 2 heteroatoms. The molecule has 1 aliphatic heterocycles. The van der Waals surface area contributed by atoms with Gasteiger partial charge < -0.3 is 11.1 Å². The van der Waals surface area contributed by atoms with Gasteiger partial charge in [-0.25, -0.2) is 0 Å². The number of benzene rings is 2. The van der Waals surface area contributed by atoms with E-state index in [1.54, 1.807) is 0 Å². The summed E-state index contributed by atoms with van der Waals surface area (Å²) in [5, 5.41) is 5.75. The minimum absolute atomic E-state index is 0.103. The van der Waals surface area contributed by atoms with E-state index in [2.05, 4.69) is 35.6 Å². The maximum absolute atomic E-state index is 5.88. The second-order valence-electron chi connectivity index (χ2n) is 4.81. The molecular formula is C16H22N2. The second-order valence-corrected chi connectivity index (χ2v) is 4.81. The molecule has 0 spiro atoms. The predicted octanol–water partition coefficient (Wildman–Crippen LogP) is 3.23. The molecule has 3 rings (SSSR count). The summed E-state index contributed by atoms with van der Waals surface area (Å²) in [4.78, 5) is 0. The summed E-state index contributed by atoms with van der Waals surface area (Å²) < 4.78 is 0. The van der Waals surface area contributed by atoms with Crippen molar-refractivity contribution in [2.75, 3.05) is 13.1 Å². The average molecular weight is 242 g/mol. The van der Waals surface area contributed by atoms with Gasteiger partial charge in [0.05, 0.1) is 0 Å². The Bertz CT molecular complexity index is 474. The molecule has 2 aromatic rings. The van der Waals surface area contributed by atoms with Crippen LogP contribution in [-0.2, 0) is 0 Å². The van der Waals surface area contributed by atoms with Gasteiger partial charge in [-0.05, 0) is 49.2 Å². The van der Waals surface area contributed by atoms with Crippen LogP contribution in [0.3, 0.4) is 0 Å². The molecule has 0 amide bonds. The molecule has 1 saturated heterocycles. The molecule has 0 saturated carbocycles. The fourth-order valence-electron chi connectivity index (χ4n) is 2.27. The van der Waals surface area contributed by atoms with E-state index >= 15 is 0 Å². The standard InChI is InChI=1S/C12H13N.C4H9N/c1-9(13)11-8-4-6-10-5-2-3-7-12(10)11;1-2-4-5-3-1/h2-9H,13H2,1H3;5H,1-4H2/t9-;/m1./s1. The van der Waals surface area contributed by atoms with Crippen LogP contribution in [0.25, 0.3) is 10.8 Å². The van der Waals surface area contributed by atoms with Crippen molar-refractivity contribution in [1.29, 1.82) is 0 Å². The van der Waals surface area contributed by atoms with Crippen molar-refractivity contribution in [3.63, 3.8) is 0 Å². The SMILES string of the molecule is C1CCNC1.C[C@@H](N)c1cccc2ccccc12. The van der Waals surface area contributed by atoms with Gasteiger partial charge in [0.2, 0.25) is 0 Å². The van der Waals surface area contributed by atoms with Crippen LogP contribution in [0.1, 0.15) is 31.4 Å². The lowest BCUT2D eigenvalue weighted by Gasteiger charge is -2.09. The number of hydrogen-bond donors (Lipinski definition) is 2. The first-order chi connectivity index (χ1) is 8.79. The Labute approximate surface area is 109 Å². The molecule has 18 heavy (non-hydrogen) atoms. The van der Waals surface area contributed by atoms with Gasteiger partial charge >= 0.3 is 0 Å². The Morgan fingerprint density at radius 3 is 2.28 bits per heavy atom. The number of nitrogens with two attached hydrogens (primary N) is 1. The fourth-order valence-corrected chi connectivity index (χ4v) is 2.27. The molecule has 1 fully saturated rings. The lowest BCUT2D eigenvalue weighted by Crippen LogP contribution is -2.05. The van der Waals surface area contributed by atoms with Crippen LogP contribution in [0.2, 0.25) is 0 Å². The quantitative estimate of drug-likeness (QED) is 0.805. The van der Waals surface area contributed by atoms with E-state index in [9.17, 15) is 0 Å². The highest BCUT2D eigenvalue weighted by molar-refractivity contribution is 5.85. The fraction of sp³-hybridized carbons (Fsp3) is 0.375. The molecule has 1 atom stereocenters. The van der Waals surface area contributed by atoms with Gasteiger partial charge in [0.1, 0.15) is 0 Å². The van der Waals surface area contributed by atoms with Crippen molar-refractivity contribution in [2.45, 2.75) is 25.8 Å². The summed E-state index contributed by atoms with van der Waals surface area (Å²) in [5.74, 6) is 0. The van der Waals surface area contributed by atoms with Crippen LogP contribution in [0.4, 0.5) is 0 Å². The molecule has 0 bridgehead atoms. The Balaban J connectivity index is 0.000000202. The Kier molecular flexibility index (Phi) is 4.73. The molecule has 0 radical (unpaired) electrons. The second kappa shape index (κ2) is 6.53. The maximum Gasteiger partial charge on any atom is 0.0272 e. The van der Waals surface area contributed by atoms with E-state index in [1.165, 1.54) is 42.3 Å². The lowest BCUT2D eigenvalue weighted by atomic mass is 10.0. The van der Waals surface area contributed by atoms with Crippen molar-refractivity contribution < 1.29 is 0 Å². The van der Waals surface area contributed by atoms with Crippen molar-refractivity contribution in [1.82, 2.24) is 5.32 Å². The first-order valence-electron chi connectivity index (χ1n) is 6.73. The number of fused-ring (bicyclic) bond motifs is 1. The lowest BCUT2D eigenvalue weighted by molar-refractivity contribution is 0.827. The van der Waals surface area contributed by atoms with Crippen LogP contribution in [0, 0.1) is 0 Å². The first kappa shape index (κ1) is 13.1. The molecule has 3 N–H and O–H groups in total. The molecule has 96 valence electrons. The normalized spacial score (nSPS) is 16.1. The predicted molar refractivity (Wildman–Crippen MR) is 78.7 cm³/mol. The third-order valence-corrected chi connectivity index (χ3v) is 3.27.